The van der Waals surface area contributed by atoms with Crippen molar-refractivity contribution in [1.82, 2.24) is 19.6 Å². The summed E-state index contributed by atoms with van der Waals surface area (Å²) in [6.45, 7) is 7.13. The monoisotopic (exact) mass is 390 g/mol. The molecule has 3 rings (SSSR count). The minimum atomic E-state index is -0.415. The maximum atomic E-state index is 13.3. The number of aromatic nitrogens is 2. The molecule has 1 aliphatic carbocycles. The van der Waals surface area contributed by atoms with Gasteiger partial charge in [0.1, 0.15) is 6.04 Å². The quantitative estimate of drug-likeness (QED) is 0.655. The van der Waals surface area contributed by atoms with Crippen LogP contribution < -0.4 is 0 Å². The molecule has 1 aromatic rings. The fourth-order valence-corrected chi connectivity index (χ4v) is 4.02. The highest BCUT2D eigenvalue weighted by Gasteiger charge is 2.46. The Kier molecular flexibility index (Phi) is 6.05. The molecule has 0 bridgehead atoms. The molecule has 28 heavy (non-hydrogen) atoms. The van der Waals surface area contributed by atoms with Crippen LogP contribution >= 0.6 is 0 Å². The van der Waals surface area contributed by atoms with E-state index < -0.39 is 6.04 Å². The molecular formula is C20H30N4O4. The minimum absolute atomic E-state index is 0.0504. The lowest BCUT2D eigenvalue weighted by atomic mass is 10.1. The van der Waals surface area contributed by atoms with Crippen molar-refractivity contribution in [3.05, 3.63) is 17.5 Å². The van der Waals surface area contributed by atoms with Crippen LogP contribution in [0.2, 0.25) is 0 Å². The molecule has 0 spiro atoms. The topological polar surface area (TPSA) is 84.7 Å². The van der Waals surface area contributed by atoms with Gasteiger partial charge in [0, 0.05) is 32.8 Å². The summed E-state index contributed by atoms with van der Waals surface area (Å²) in [5.41, 5.74) is 1.83. The number of carbonyl (C=O) groups is 3. The minimum Gasteiger partial charge on any atom is -0.466 e. The number of nitrogens with zero attached hydrogens (tertiary/aromatic N) is 4. The number of ether oxygens (including phenoxy) is 1. The third-order valence-electron chi connectivity index (χ3n) is 5.74. The Morgan fingerprint density at radius 2 is 2.11 bits per heavy atom. The van der Waals surface area contributed by atoms with Crippen LogP contribution in [0.4, 0.5) is 0 Å². The van der Waals surface area contributed by atoms with Crippen LogP contribution in [0.3, 0.4) is 0 Å². The summed E-state index contributed by atoms with van der Waals surface area (Å²) in [7, 11) is 1.87. The molecule has 8 nitrogen and oxygen atoms in total. The molecule has 0 unspecified atom stereocenters. The molecule has 0 aromatic carbocycles. The van der Waals surface area contributed by atoms with Crippen molar-refractivity contribution in [2.45, 2.75) is 52.6 Å². The van der Waals surface area contributed by atoms with Crippen LogP contribution in [0.1, 0.15) is 44.5 Å². The Bertz CT molecular complexity index is 740. The van der Waals surface area contributed by atoms with Crippen LogP contribution in [0.15, 0.2) is 6.07 Å². The number of likely N-dealkylation sites (tertiary alicyclic amines) is 1. The average Bonchev–Trinajstić information content (AvgIpc) is 3.08. The van der Waals surface area contributed by atoms with E-state index in [-0.39, 0.29) is 29.6 Å². The first-order valence-electron chi connectivity index (χ1n) is 10.0. The second-order valence-electron chi connectivity index (χ2n) is 7.84. The Balaban J connectivity index is 1.73. The van der Waals surface area contributed by atoms with Gasteiger partial charge in [0.25, 0.3) is 0 Å². The van der Waals surface area contributed by atoms with Gasteiger partial charge in [0.2, 0.25) is 11.8 Å². The lowest BCUT2D eigenvalue weighted by molar-refractivity contribution is -0.146. The van der Waals surface area contributed by atoms with Crippen molar-refractivity contribution in [1.29, 1.82) is 0 Å². The summed E-state index contributed by atoms with van der Waals surface area (Å²) in [5, 5.41) is 4.48. The van der Waals surface area contributed by atoms with Crippen molar-refractivity contribution in [2.24, 2.45) is 18.9 Å². The lowest BCUT2D eigenvalue weighted by Gasteiger charge is -2.29. The average molecular weight is 390 g/mol. The van der Waals surface area contributed by atoms with Crippen LogP contribution in [-0.4, -0.2) is 63.1 Å². The molecule has 2 fully saturated rings. The third kappa shape index (κ3) is 4.36. The van der Waals surface area contributed by atoms with E-state index in [9.17, 15) is 14.4 Å². The molecule has 3 atom stereocenters. The van der Waals surface area contributed by atoms with Crippen molar-refractivity contribution in [2.75, 3.05) is 19.7 Å². The Hall–Kier alpha value is -2.38. The summed E-state index contributed by atoms with van der Waals surface area (Å²) in [4.78, 5) is 40.6. The normalized spacial score (nSPS) is 23.6. The van der Waals surface area contributed by atoms with Crippen molar-refractivity contribution in [3.63, 3.8) is 0 Å². The van der Waals surface area contributed by atoms with E-state index in [1.54, 1.807) is 21.4 Å². The Morgan fingerprint density at radius 3 is 2.71 bits per heavy atom. The first-order chi connectivity index (χ1) is 13.3. The van der Waals surface area contributed by atoms with Gasteiger partial charge >= 0.3 is 5.97 Å². The van der Waals surface area contributed by atoms with Crippen molar-refractivity contribution in [3.8, 4) is 0 Å². The molecule has 1 saturated carbocycles. The molecule has 2 aliphatic rings. The predicted octanol–water partition coefficient (Wildman–Crippen LogP) is 1.27. The number of hydrogen-bond acceptors (Lipinski definition) is 5. The van der Waals surface area contributed by atoms with Crippen LogP contribution in [-0.2, 0) is 32.7 Å². The van der Waals surface area contributed by atoms with Gasteiger partial charge in [0.15, 0.2) is 0 Å². The van der Waals surface area contributed by atoms with E-state index in [1.165, 1.54) is 6.92 Å². The molecule has 1 saturated heterocycles. The highest BCUT2D eigenvalue weighted by molar-refractivity contribution is 5.87. The van der Waals surface area contributed by atoms with Gasteiger partial charge < -0.3 is 14.5 Å². The molecule has 2 heterocycles. The molecule has 8 heteroatoms. The molecule has 0 N–H and O–H groups in total. The van der Waals surface area contributed by atoms with Gasteiger partial charge in [-0.05, 0) is 45.1 Å². The van der Waals surface area contributed by atoms with Gasteiger partial charge in [-0.15, -0.1) is 0 Å². The summed E-state index contributed by atoms with van der Waals surface area (Å²) < 4.78 is 6.90. The maximum Gasteiger partial charge on any atom is 0.309 e. The molecule has 1 aromatic heterocycles. The summed E-state index contributed by atoms with van der Waals surface area (Å²) >= 11 is 0. The highest BCUT2D eigenvalue weighted by Crippen LogP contribution is 2.40. The van der Waals surface area contributed by atoms with Gasteiger partial charge in [-0.2, -0.15) is 5.10 Å². The number of amides is 2. The smallest absolute Gasteiger partial charge is 0.309 e. The van der Waals surface area contributed by atoms with E-state index in [0.717, 1.165) is 24.2 Å². The van der Waals surface area contributed by atoms with Gasteiger partial charge in [0.05, 0.1) is 24.8 Å². The van der Waals surface area contributed by atoms with Gasteiger partial charge in [-0.1, -0.05) is 0 Å². The Labute approximate surface area is 165 Å². The predicted molar refractivity (Wildman–Crippen MR) is 102 cm³/mol. The zero-order chi connectivity index (χ0) is 20.4. The highest BCUT2D eigenvalue weighted by atomic mass is 16.5. The fraction of sp³-hybridized carbons (Fsp3) is 0.700. The van der Waals surface area contributed by atoms with Crippen molar-refractivity contribution >= 4 is 17.8 Å². The van der Waals surface area contributed by atoms with Crippen LogP contribution in [0.5, 0.6) is 0 Å². The number of hydrogen-bond donors (Lipinski definition) is 0. The van der Waals surface area contributed by atoms with Crippen LogP contribution in [0.25, 0.3) is 0 Å². The largest absolute Gasteiger partial charge is 0.466 e. The van der Waals surface area contributed by atoms with Gasteiger partial charge in [-0.25, -0.2) is 0 Å². The molecule has 1 aliphatic heterocycles. The molecule has 0 radical (unpaired) electrons. The zero-order valence-corrected chi connectivity index (χ0v) is 17.2. The zero-order valence-electron chi connectivity index (χ0n) is 17.2. The maximum absolute atomic E-state index is 13.3. The standard InChI is InChI=1S/C20H30N4O4/c1-5-28-20(27)17-10-15(17)11-23(12-16-9-13(2)22(4)21-16)19(26)18-7-6-8-24(18)14(3)25/h9,15,17-18H,5-8,10-12H2,1-4H3/t15-,17-,18+/m1/s1. The van der Waals surface area contributed by atoms with E-state index in [0.29, 0.717) is 32.7 Å². The second-order valence-corrected chi connectivity index (χ2v) is 7.84. The van der Waals surface area contributed by atoms with E-state index in [1.807, 2.05) is 20.0 Å². The second kappa shape index (κ2) is 8.32. The summed E-state index contributed by atoms with van der Waals surface area (Å²) in [6.07, 6.45) is 2.26. The summed E-state index contributed by atoms with van der Waals surface area (Å²) in [6, 6.07) is 1.55. The number of esters is 1. The SMILES string of the molecule is CCOC(=O)[C@@H]1C[C@@H]1CN(Cc1cc(C)n(C)n1)C(=O)[C@@H]1CCCN1C(C)=O. The van der Waals surface area contributed by atoms with Gasteiger partial charge in [-0.3, -0.25) is 19.1 Å². The van der Waals surface area contributed by atoms with E-state index in [4.69, 9.17) is 4.74 Å². The first-order valence-corrected chi connectivity index (χ1v) is 10.0. The Morgan fingerprint density at radius 1 is 1.36 bits per heavy atom. The third-order valence-corrected chi connectivity index (χ3v) is 5.74. The summed E-state index contributed by atoms with van der Waals surface area (Å²) in [5.74, 6) is -0.321. The number of aryl methyl sites for hydroxylation is 2. The first kappa shape index (κ1) is 20.4. The fourth-order valence-electron chi connectivity index (χ4n) is 4.02. The molecule has 154 valence electrons. The molecule has 2 amide bonds. The van der Waals surface area contributed by atoms with E-state index >= 15 is 0 Å². The van der Waals surface area contributed by atoms with E-state index in [2.05, 4.69) is 5.10 Å². The number of carbonyl (C=O) groups excluding carboxylic acids is 3. The lowest BCUT2D eigenvalue weighted by Crippen LogP contribution is -2.47. The van der Waals surface area contributed by atoms with Crippen molar-refractivity contribution < 1.29 is 19.1 Å². The molecular weight excluding hydrogens is 360 g/mol. The van der Waals surface area contributed by atoms with Crippen LogP contribution in [0, 0.1) is 18.8 Å². The number of rotatable bonds is 7.